The highest BCUT2D eigenvalue weighted by Gasteiger charge is 2.24. The maximum Gasteiger partial charge on any atom is 0.307 e. The van der Waals surface area contributed by atoms with Crippen LogP contribution in [0.2, 0.25) is 0 Å². The Morgan fingerprint density at radius 2 is 1.80 bits per heavy atom. The first-order chi connectivity index (χ1) is 9.15. The van der Waals surface area contributed by atoms with Gasteiger partial charge in [-0.05, 0) is 30.5 Å². The van der Waals surface area contributed by atoms with Crippen LogP contribution in [0, 0.1) is 19.8 Å². The normalized spacial score (nSPS) is 13.4. The molecule has 1 atom stereocenters. The smallest absolute Gasteiger partial charge is 0.307 e. The number of aryl methyl sites for hydroxylation is 2. The maximum atomic E-state index is 12.3. The highest BCUT2D eigenvalue weighted by Crippen LogP contribution is 2.18. The molecule has 6 heteroatoms. The predicted octanol–water partition coefficient (Wildman–Crippen LogP) is 1.79. The lowest BCUT2D eigenvalue weighted by Crippen LogP contribution is -2.34. The summed E-state index contributed by atoms with van der Waals surface area (Å²) < 4.78 is 25.7. The van der Waals surface area contributed by atoms with Gasteiger partial charge in [0.25, 0.3) is 0 Å². The van der Waals surface area contributed by atoms with Gasteiger partial charge in [0, 0.05) is 13.6 Å². The summed E-state index contributed by atoms with van der Waals surface area (Å²) in [5.74, 6) is -1.83. The molecule has 20 heavy (non-hydrogen) atoms. The van der Waals surface area contributed by atoms with Gasteiger partial charge in [-0.2, -0.15) is 0 Å². The molecule has 1 rings (SSSR count). The Morgan fingerprint density at radius 3 is 2.25 bits per heavy atom. The maximum absolute atomic E-state index is 12.3. The zero-order valence-corrected chi connectivity index (χ0v) is 13.1. The SMILES string of the molecule is Cc1cccc(C)c1CS(=O)(=O)N(C)CC(C)C(=O)O. The fourth-order valence-corrected chi connectivity index (χ4v) is 3.44. The van der Waals surface area contributed by atoms with E-state index >= 15 is 0 Å². The molecule has 0 aliphatic carbocycles. The van der Waals surface area contributed by atoms with Gasteiger partial charge in [-0.25, -0.2) is 12.7 Å². The molecule has 1 unspecified atom stereocenters. The molecule has 0 heterocycles. The van der Waals surface area contributed by atoms with Crippen LogP contribution in [-0.4, -0.2) is 37.4 Å². The zero-order chi connectivity index (χ0) is 15.5. The standard InChI is InChI=1S/C14H21NO4S/c1-10-6-5-7-11(2)13(10)9-20(18,19)15(4)8-12(3)14(16)17/h5-7,12H,8-9H2,1-4H3,(H,16,17). The number of hydrogen-bond donors (Lipinski definition) is 1. The van der Waals surface area contributed by atoms with E-state index in [9.17, 15) is 13.2 Å². The molecule has 0 bridgehead atoms. The van der Waals surface area contributed by atoms with Crippen molar-refractivity contribution in [2.24, 2.45) is 5.92 Å². The molecule has 1 aromatic carbocycles. The van der Waals surface area contributed by atoms with E-state index in [1.54, 1.807) is 0 Å². The van der Waals surface area contributed by atoms with Crippen molar-refractivity contribution in [3.8, 4) is 0 Å². The van der Waals surface area contributed by atoms with Crippen LogP contribution in [0.25, 0.3) is 0 Å². The van der Waals surface area contributed by atoms with Crippen molar-refractivity contribution in [2.45, 2.75) is 26.5 Å². The van der Waals surface area contributed by atoms with Gasteiger partial charge in [-0.3, -0.25) is 4.79 Å². The molecule has 0 radical (unpaired) electrons. The molecule has 0 fully saturated rings. The van der Waals surface area contributed by atoms with Gasteiger partial charge in [0.15, 0.2) is 0 Å². The summed E-state index contributed by atoms with van der Waals surface area (Å²) in [6, 6.07) is 5.63. The molecule has 0 aliphatic heterocycles. The van der Waals surface area contributed by atoms with E-state index < -0.39 is 21.9 Å². The van der Waals surface area contributed by atoms with E-state index in [1.807, 2.05) is 32.0 Å². The van der Waals surface area contributed by atoms with Gasteiger partial charge in [0.05, 0.1) is 11.7 Å². The summed E-state index contributed by atoms with van der Waals surface area (Å²) >= 11 is 0. The third-order valence-corrected chi connectivity index (χ3v) is 5.15. The van der Waals surface area contributed by atoms with E-state index in [-0.39, 0.29) is 12.3 Å². The second-order valence-corrected chi connectivity index (χ2v) is 7.22. The van der Waals surface area contributed by atoms with Crippen molar-refractivity contribution in [3.05, 3.63) is 34.9 Å². The minimum atomic E-state index is -3.52. The number of carboxylic acid groups (broad SMARTS) is 1. The van der Waals surface area contributed by atoms with Crippen LogP contribution in [-0.2, 0) is 20.6 Å². The van der Waals surface area contributed by atoms with Gasteiger partial charge >= 0.3 is 5.97 Å². The second-order valence-electron chi connectivity index (χ2n) is 5.15. The molecule has 5 nitrogen and oxygen atoms in total. The predicted molar refractivity (Wildman–Crippen MR) is 78.0 cm³/mol. The Bertz CT molecular complexity index is 575. The lowest BCUT2D eigenvalue weighted by Gasteiger charge is -2.20. The van der Waals surface area contributed by atoms with Crippen molar-refractivity contribution in [1.82, 2.24) is 4.31 Å². The molecule has 112 valence electrons. The summed E-state index contributed by atoms with van der Waals surface area (Å²) in [4.78, 5) is 10.8. The summed E-state index contributed by atoms with van der Waals surface area (Å²) in [7, 11) is -2.10. The van der Waals surface area contributed by atoms with Crippen molar-refractivity contribution < 1.29 is 18.3 Å². The number of rotatable bonds is 6. The molecule has 0 saturated carbocycles. The molecule has 0 spiro atoms. The number of carboxylic acids is 1. The fourth-order valence-electron chi connectivity index (χ4n) is 1.95. The number of benzene rings is 1. The Kier molecular flexibility index (Phi) is 5.30. The van der Waals surface area contributed by atoms with Crippen LogP contribution < -0.4 is 0 Å². The zero-order valence-electron chi connectivity index (χ0n) is 12.3. The molecule has 0 aliphatic rings. The summed E-state index contributed by atoms with van der Waals surface area (Å²) in [6.07, 6.45) is 0. The largest absolute Gasteiger partial charge is 0.481 e. The second kappa shape index (κ2) is 6.37. The van der Waals surface area contributed by atoms with E-state index in [0.717, 1.165) is 21.0 Å². The lowest BCUT2D eigenvalue weighted by atomic mass is 10.1. The van der Waals surface area contributed by atoms with Crippen molar-refractivity contribution in [1.29, 1.82) is 0 Å². The number of nitrogens with zero attached hydrogens (tertiary/aromatic N) is 1. The minimum absolute atomic E-state index is 0.0252. The van der Waals surface area contributed by atoms with E-state index in [2.05, 4.69) is 0 Å². The number of aliphatic carboxylic acids is 1. The molecule has 0 amide bonds. The highest BCUT2D eigenvalue weighted by molar-refractivity contribution is 7.88. The van der Waals surface area contributed by atoms with Crippen LogP contribution >= 0.6 is 0 Å². The van der Waals surface area contributed by atoms with Crippen LogP contribution in [0.4, 0.5) is 0 Å². The average Bonchev–Trinajstić information content (AvgIpc) is 2.33. The van der Waals surface area contributed by atoms with E-state index in [4.69, 9.17) is 5.11 Å². The summed E-state index contributed by atoms with van der Waals surface area (Å²) in [5.41, 5.74) is 2.63. The number of sulfonamides is 1. The average molecular weight is 299 g/mol. The lowest BCUT2D eigenvalue weighted by molar-refractivity contribution is -0.141. The van der Waals surface area contributed by atoms with Crippen LogP contribution in [0.5, 0.6) is 0 Å². The Morgan fingerprint density at radius 1 is 1.30 bits per heavy atom. The summed E-state index contributed by atoms with van der Waals surface area (Å²) in [6.45, 7) is 5.21. The van der Waals surface area contributed by atoms with Crippen molar-refractivity contribution in [2.75, 3.05) is 13.6 Å². The first kappa shape index (κ1) is 16.7. The third-order valence-electron chi connectivity index (χ3n) is 3.40. The first-order valence-corrected chi connectivity index (χ1v) is 7.98. The van der Waals surface area contributed by atoms with Gasteiger partial charge in [-0.15, -0.1) is 0 Å². The third kappa shape index (κ3) is 4.05. The van der Waals surface area contributed by atoms with E-state index in [0.29, 0.717) is 0 Å². The van der Waals surface area contributed by atoms with E-state index in [1.165, 1.54) is 14.0 Å². The Hall–Kier alpha value is -1.40. The monoisotopic (exact) mass is 299 g/mol. The molecule has 0 saturated heterocycles. The van der Waals surface area contributed by atoms with Gasteiger partial charge in [-0.1, -0.05) is 25.1 Å². The molecule has 0 aromatic heterocycles. The van der Waals surface area contributed by atoms with Crippen LogP contribution in [0.15, 0.2) is 18.2 Å². The molecule has 1 aromatic rings. The Labute approximate surface area is 120 Å². The van der Waals surface area contributed by atoms with Crippen molar-refractivity contribution in [3.63, 3.8) is 0 Å². The molecular formula is C14H21NO4S. The summed E-state index contributed by atoms with van der Waals surface area (Å²) in [5, 5.41) is 8.85. The Balaban J connectivity index is 2.92. The fraction of sp³-hybridized carbons (Fsp3) is 0.500. The van der Waals surface area contributed by atoms with Crippen LogP contribution in [0.3, 0.4) is 0 Å². The first-order valence-electron chi connectivity index (χ1n) is 6.37. The van der Waals surface area contributed by atoms with Gasteiger partial charge in [0.2, 0.25) is 10.0 Å². The number of hydrogen-bond acceptors (Lipinski definition) is 3. The minimum Gasteiger partial charge on any atom is -0.481 e. The van der Waals surface area contributed by atoms with Crippen molar-refractivity contribution >= 4 is 16.0 Å². The number of carbonyl (C=O) groups is 1. The van der Waals surface area contributed by atoms with Crippen LogP contribution in [0.1, 0.15) is 23.6 Å². The topological polar surface area (TPSA) is 74.7 Å². The molecular weight excluding hydrogens is 278 g/mol. The molecule has 1 N–H and O–H groups in total. The highest BCUT2D eigenvalue weighted by atomic mass is 32.2. The van der Waals surface area contributed by atoms with Gasteiger partial charge < -0.3 is 5.11 Å². The van der Waals surface area contributed by atoms with Gasteiger partial charge in [0.1, 0.15) is 0 Å². The quantitative estimate of drug-likeness (QED) is 0.869.